The quantitative estimate of drug-likeness (QED) is 0.275. The van der Waals surface area contributed by atoms with Crippen LogP contribution in [0.1, 0.15) is 11.6 Å². The Labute approximate surface area is 83.8 Å². The molecule has 1 unspecified atom stereocenters. The van der Waals surface area contributed by atoms with Gasteiger partial charge in [0.15, 0.2) is 0 Å². The molecule has 0 fully saturated rings. The van der Waals surface area contributed by atoms with Gasteiger partial charge < -0.3 is 0 Å². The molecule has 0 saturated carbocycles. The Hall–Kier alpha value is -0.810. The van der Waals surface area contributed by atoms with Crippen molar-refractivity contribution < 1.29 is 0 Å². The first-order chi connectivity index (χ1) is 5.88. The Morgan fingerprint density at radius 2 is 2.25 bits per heavy atom. The van der Waals surface area contributed by atoms with E-state index in [4.69, 9.17) is 5.53 Å². The van der Waals surface area contributed by atoms with Gasteiger partial charge in [-0.2, -0.15) is 0 Å². The average molecular weight is 274 g/mol. The van der Waals surface area contributed by atoms with E-state index in [-0.39, 0.29) is 6.04 Å². The molecule has 1 atom stereocenters. The molecule has 0 amide bonds. The first-order valence-corrected chi connectivity index (χ1v) is 4.91. The molecule has 1 aromatic heterocycles. The van der Waals surface area contributed by atoms with Gasteiger partial charge in [0.2, 0.25) is 0 Å². The normalized spacial score (nSPS) is 11.8. The Bertz CT molecular complexity index is 281. The van der Waals surface area contributed by atoms with E-state index in [1.165, 1.54) is 0 Å². The summed E-state index contributed by atoms with van der Waals surface area (Å²) >= 11 is 2.19. The monoisotopic (exact) mass is 274 g/mol. The Kier molecular flexibility index (Phi) is 3.83. The van der Waals surface area contributed by atoms with Crippen molar-refractivity contribution in [1.29, 1.82) is 0 Å². The van der Waals surface area contributed by atoms with E-state index in [0.717, 1.165) is 9.99 Å². The average Bonchev–Trinajstić information content (AvgIpc) is 2.15. The second-order valence-corrected chi connectivity index (χ2v) is 3.04. The lowest BCUT2D eigenvalue weighted by Crippen LogP contribution is -1.94. The maximum atomic E-state index is 8.27. The SMILES string of the molecule is [N-]=[N+]=NC(CI)c1ccncc1. The molecule has 0 aliphatic rings. The summed E-state index contributed by atoms with van der Waals surface area (Å²) in [6.07, 6.45) is 3.39. The summed E-state index contributed by atoms with van der Waals surface area (Å²) in [6.45, 7) is 0. The van der Waals surface area contributed by atoms with Crippen molar-refractivity contribution in [2.75, 3.05) is 4.43 Å². The fourth-order valence-corrected chi connectivity index (χ4v) is 1.52. The lowest BCUT2D eigenvalue weighted by atomic mass is 10.1. The maximum Gasteiger partial charge on any atom is 0.0715 e. The van der Waals surface area contributed by atoms with Gasteiger partial charge >= 0.3 is 0 Å². The zero-order valence-corrected chi connectivity index (χ0v) is 8.42. The molecule has 1 heterocycles. The third kappa shape index (κ3) is 2.35. The molecule has 4 nitrogen and oxygen atoms in total. The van der Waals surface area contributed by atoms with Crippen LogP contribution < -0.4 is 0 Å². The molecular weight excluding hydrogens is 267 g/mol. The largest absolute Gasteiger partial charge is 0.265 e. The highest BCUT2D eigenvalue weighted by Crippen LogP contribution is 2.18. The van der Waals surface area contributed by atoms with Gasteiger partial charge in [-0.3, -0.25) is 4.98 Å². The second-order valence-electron chi connectivity index (χ2n) is 2.16. The van der Waals surface area contributed by atoms with Gasteiger partial charge in [-0.1, -0.05) is 27.7 Å². The smallest absolute Gasteiger partial charge is 0.0715 e. The lowest BCUT2D eigenvalue weighted by molar-refractivity contribution is 0.830. The van der Waals surface area contributed by atoms with Crippen molar-refractivity contribution >= 4 is 22.6 Å². The molecule has 0 saturated heterocycles. The van der Waals surface area contributed by atoms with Crippen molar-refractivity contribution in [1.82, 2.24) is 4.98 Å². The number of hydrogen-bond acceptors (Lipinski definition) is 2. The molecule has 0 radical (unpaired) electrons. The van der Waals surface area contributed by atoms with Gasteiger partial charge in [-0.15, -0.1) is 0 Å². The summed E-state index contributed by atoms with van der Waals surface area (Å²) in [4.78, 5) is 6.67. The van der Waals surface area contributed by atoms with Gasteiger partial charge in [-0.05, 0) is 23.2 Å². The number of pyridine rings is 1. The van der Waals surface area contributed by atoms with Crippen LogP contribution in [0.3, 0.4) is 0 Å². The Balaban J connectivity index is 2.87. The molecule has 62 valence electrons. The van der Waals surface area contributed by atoms with Crippen LogP contribution in [-0.4, -0.2) is 9.41 Å². The standard InChI is InChI=1S/C7H7IN4/c8-5-7(11-12-9)6-1-3-10-4-2-6/h1-4,7H,5H2. The number of azide groups is 1. The molecule has 0 bridgehead atoms. The predicted octanol–water partition coefficient (Wildman–Crippen LogP) is 2.87. The minimum atomic E-state index is -0.0707. The van der Waals surface area contributed by atoms with E-state index < -0.39 is 0 Å². The van der Waals surface area contributed by atoms with E-state index in [2.05, 4.69) is 37.6 Å². The summed E-state index contributed by atoms with van der Waals surface area (Å²) in [5, 5.41) is 3.66. The maximum absolute atomic E-state index is 8.27. The van der Waals surface area contributed by atoms with Crippen LogP contribution in [-0.2, 0) is 0 Å². The molecular formula is C7H7IN4. The van der Waals surface area contributed by atoms with E-state index in [1.807, 2.05) is 12.1 Å². The Morgan fingerprint density at radius 1 is 1.58 bits per heavy atom. The van der Waals surface area contributed by atoms with Gasteiger partial charge in [0.05, 0.1) is 6.04 Å². The van der Waals surface area contributed by atoms with Gasteiger partial charge in [0.1, 0.15) is 0 Å². The molecule has 0 aliphatic carbocycles. The fraction of sp³-hybridized carbons (Fsp3) is 0.286. The summed E-state index contributed by atoms with van der Waals surface area (Å²) in [5.41, 5.74) is 9.28. The van der Waals surface area contributed by atoms with Crippen LogP contribution in [0.4, 0.5) is 0 Å². The third-order valence-electron chi connectivity index (χ3n) is 1.43. The first kappa shape index (κ1) is 9.28. The number of nitrogens with zero attached hydrogens (tertiary/aromatic N) is 4. The van der Waals surface area contributed by atoms with Crippen LogP contribution in [0.15, 0.2) is 29.6 Å². The summed E-state index contributed by atoms with van der Waals surface area (Å²) in [7, 11) is 0. The van der Waals surface area contributed by atoms with Gasteiger partial charge in [-0.25, -0.2) is 0 Å². The highest BCUT2D eigenvalue weighted by molar-refractivity contribution is 14.1. The third-order valence-corrected chi connectivity index (χ3v) is 2.26. The predicted molar refractivity (Wildman–Crippen MR) is 55.0 cm³/mol. The van der Waals surface area contributed by atoms with Crippen LogP contribution in [0, 0.1) is 0 Å². The number of alkyl halides is 1. The summed E-state index contributed by atoms with van der Waals surface area (Å²) in [5.74, 6) is 0. The van der Waals surface area contributed by atoms with E-state index >= 15 is 0 Å². The number of aromatic nitrogens is 1. The molecule has 0 aromatic carbocycles. The van der Waals surface area contributed by atoms with Gasteiger partial charge in [0, 0.05) is 21.7 Å². The van der Waals surface area contributed by atoms with Crippen LogP contribution in [0.5, 0.6) is 0 Å². The second kappa shape index (κ2) is 4.95. The van der Waals surface area contributed by atoms with Crippen molar-refractivity contribution in [2.45, 2.75) is 6.04 Å². The van der Waals surface area contributed by atoms with E-state index in [0.29, 0.717) is 0 Å². The summed E-state index contributed by atoms with van der Waals surface area (Å²) < 4.78 is 0.784. The zero-order chi connectivity index (χ0) is 8.81. The van der Waals surface area contributed by atoms with Gasteiger partial charge in [0.25, 0.3) is 0 Å². The molecule has 5 heteroatoms. The number of rotatable bonds is 3. The molecule has 12 heavy (non-hydrogen) atoms. The fourth-order valence-electron chi connectivity index (χ4n) is 0.835. The topological polar surface area (TPSA) is 61.7 Å². The van der Waals surface area contributed by atoms with Crippen molar-refractivity contribution in [3.63, 3.8) is 0 Å². The van der Waals surface area contributed by atoms with Crippen LogP contribution >= 0.6 is 22.6 Å². The van der Waals surface area contributed by atoms with Crippen LogP contribution in [0.2, 0.25) is 0 Å². The number of halogens is 1. The molecule has 1 rings (SSSR count). The minimum absolute atomic E-state index is 0.0707. The van der Waals surface area contributed by atoms with Crippen molar-refractivity contribution in [3.8, 4) is 0 Å². The molecule has 1 aromatic rings. The molecule has 0 aliphatic heterocycles. The highest BCUT2D eigenvalue weighted by atomic mass is 127. The number of hydrogen-bond donors (Lipinski definition) is 0. The van der Waals surface area contributed by atoms with E-state index in [1.54, 1.807) is 12.4 Å². The molecule has 0 N–H and O–H groups in total. The van der Waals surface area contributed by atoms with Crippen molar-refractivity contribution in [2.24, 2.45) is 5.11 Å². The zero-order valence-electron chi connectivity index (χ0n) is 6.26. The lowest BCUT2D eigenvalue weighted by Gasteiger charge is -2.05. The van der Waals surface area contributed by atoms with E-state index in [9.17, 15) is 0 Å². The van der Waals surface area contributed by atoms with Crippen molar-refractivity contribution in [3.05, 3.63) is 40.5 Å². The first-order valence-electron chi connectivity index (χ1n) is 3.38. The minimum Gasteiger partial charge on any atom is -0.265 e. The Morgan fingerprint density at radius 3 is 2.75 bits per heavy atom. The highest BCUT2D eigenvalue weighted by Gasteiger charge is 2.05. The summed E-state index contributed by atoms with van der Waals surface area (Å²) in [6, 6.07) is 3.65. The van der Waals surface area contributed by atoms with Crippen LogP contribution in [0.25, 0.3) is 10.4 Å². The molecule has 0 spiro atoms.